The van der Waals surface area contributed by atoms with Gasteiger partial charge >= 0.3 is 0 Å². The Morgan fingerprint density at radius 3 is 2.78 bits per heavy atom. The molecule has 7 heteroatoms. The second-order valence-electron chi connectivity index (χ2n) is 6.69. The molecule has 3 amide bonds. The fourth-order valence-electron chi connectivity index (χ4n) is 3.61. The number of rotatable bonds is 3. The molecule has 2 aromatic rings. The molecule has 0 spiro atoms. The lowest BCUT2D eigenvalue weighted by atomic mass is 9.89. The van der Waals surface area contributed by atoms with Gasteiger partial charge in [-0.1, -0.05) is 18.2 Å². The molecule has 0 bridgehead atoms. The average molecular weight is 367 g/mol. The predicted octanol–water partition coefficient (Wildman–Crippen LogP) is 3.02. The van der Waals surface area contributed by atoms with Gasteiger partial charge in [-0.15, -0.1) is 0 Å². The summed E-state index contributed by atoms with van der Waals surface area (Å²) in [6, 6.07) is 11.1. The number of amides is 3. The van der Waals surface area contributed by atoms with Gasteiger partial charge in [-0.25, -0.2) is 4.39 Å². The molecule has 1 saturated heterocycles. The summed E-state index contributed by atoms with van der Waals surface area (Å²) >= 11 is 0. The number of hydrogen-bond acceptors (Lipinski definition) is 3. The summed E-state index contributed by atoms with van der Waals surface area (Å²) in [4.78, 5) is 38.6. The monoisotopic (exact) mass is 367 g/mol. The van der Waals surface area contributed by atoms with Crippen molar-refractivity contribution in [1.29, 1.82) is 0 Å². The molecule has 27 heavy (non-hydrogen) atoms. The Balaban J connectivity index is 1.62. The minimum atomic E-state index is -0.725. The minimum Gasteiger partial charge on any atom is -0.326 e. The zero-order valence-corrected chi connectivity index (χ0v) is 14.5. The van der Waals surface area contributed by atoms with E-state index in [0.717, 1.165) is 6.42 Å². The molecule has 0 radical (unpaired) electrons. The largest absolute Gasteiger partial charge is 0.326 e. The van der Waals surface area contributed by atoms with Gasteiger partial charge in [0.1, 0.15) is 5.82 Å². The maximum atomic E-state index is 13.5. The van der Waals surface area contributed by atoms with Gasteiger partial charge in [-0.05, 0) is 36.2 Å². The van der Waals surface area contributed by atoms with E-state index in [1.807, 2.05) is 6.07 Å². The number of benzene rings is 2. The summed E-state index contributed by atoms with van der Waals surface area (Å²) in [5.41, 5.74) is 2.05. The van der Waals surface area contributed by atoms with Crippen molar-refractivity contribution in [1.82, 2.24) is 0 Å². The van der Waals surface area contributed by atoms with Gasteiger partial charge in [0.2, 0.25) is 17.7 Å². The average Bonchev–Trinajstić information content (AvgIpc) is 3.07. The van der Waals surface area contributed by atoms with E-state index in [2.05, 4.69) is 10.6 Å². The number of nitrogens with one attached hydrogen (secondary N) is 2. The molecule has 2 aromatic carbocycles. The van der Waals surface area contributed by atoms with Crippen molar-refractivity contribution in [2.45, 2.75) is 25.2 Å². The van der Waals surface area contributed by atoms with Crippen LogP contribution in [0.4, 0.5) is 21.5 Å². The molecule has 2 N–H and O–H groups in total. The highest BCUT2D eigenvalue weighted by molar-refractivity contribution is 6.07. The number of fused-ring (bicyclic) bond motifs is 1. The molecule has 0 aliphatic carbocycles. The molecular weight excluding hydrogens is 349 g/mol. The molecule has 1 fully saturated rings. The first kappa shape index (κ1) is 17.2. The van der Waals surface area contributed by atoms with Crippen LogP contribution in [0.1, 0.15) is 30.7 Å². The molecule has 0 aromatic heterocycles. The first-order chi connectivity index (χ1) is 13.0. The van der Waals surface area contributed by atoms with Crippen molar-refractivity contribution < 1.29 is 18.8 Å². The van der Waals surface area contributed by atoms with E-state index in [-0.39, 0.29) is 24.1 Å². The Labute approximate surface area is 155 Å². The Morgan fingerprint density at radius 1 is 1.19 bits per heavy atom. The summed E-state index contributed by atoms with van der Waals surface area (Å²) in [6.07, 6.45) is 1.25. The molecule has 138 valence electrons. The van der Waals surface area contributed by atoms with Crippen molar-refractivity contribution in [3.05, 3.63) is 53.8 Å². The quantitative estimate of drug-likeness (QED) is 0.875. The van der Waals surface area contributed by atoms with Crippen LogP contribution in [0.5, 0.6) is 0 Å². The minimum absolute atomic E-state index is 0.0186. The van der Waals surface area contributed by atoms with Gasteiger partial charge < -0.3 is 15.5 Å². The third-order valence-electron chi connectivity index (χ3n) is 4.90. The van der Waals surface area contributed by atoms with E-state index in [1.165, 1.54) is 18.2 Å². The van der Waals surface area contributed by atoms with Crippen LogP contribution < -0.4 is 15.5 Å². The molecule has 4 rings (SSSR count). The summed E-state index contributed by atoms with van der Waals surface area (Å²) in [6.45, 7) is 0.611. The molecular formula is C20H18FN3O3. The van der Waals surface area contributed by atoms with Gasteiger partial charge in [-0.2, -0.15) is 0 Å². The van der Waals surface area contributed by atoms with Crippen molar-refractivity contribution in [3.63, 3.8) is 0 Å². The Morgan fingerprint density at radius 2 is 2.00 bits per heavy atom. The van der Waals surface area contributed by atoms with Crippen molar-refractivity contribution in [2.24, 2.45) is 0 Å². The maximum absolute atomic E-state index is 13.5. The van der Waals surface area contributed by atoms with E-state index in [4.69, 9.17) is 0 Å². The maximum Gasteiger partial charge on any atom is 0.232 e. The van der Waals surface area contributed by atoms with Crippen LogP contribution in [-0.4, -0.2) is 24.3 Å². The number of nitrogens with zero attached hydrogens (tertiary/aromatic N) is 1. The second kappa shape index (κ2) is 6.83. The standard InChI is InChI=1S/C20H18FN3O3/c21-12-7-8-13-14(11-18(25)22-16(13)10-12)20(27)23-15-4-1-2-5-17(15)24-9-3-6-19(24)26/h1-2,4-5,7-8,10,14H,3,6,9,11H2,(H,22,25)(H,23,27)/t14-/m0/s1. The van der Waals surface area contributed by atoms with Gasteiger partial charge in [0.15, 0.2) is 0 Å². The van der Waals surface area contributed by atoms with E-state index >= 15 is 0 Å². The predicted molar refractivity (Wildman–Crippen MR) is 99.0 cm³/mol. The van der Waals surface area contributed by atoms with Gasteiger partial charge in [-0.3, -0.25) is 14.4 Å². The second-order valence-corrected chi connectivity index (χ2v) is 6.69. The number of carbonyl (C=O) groups excluding carboxylic acids is 3. The van der Waals surface area contributed by atoms with E-state index in [1.54, 1.807) is 23.1 Å². The molecule has 1 atom stereocenters. The van der Waals surface area contributed by atoms with Crippen LogP contribution in [-0.2, 0) is 14.4 Å². The van der Waals surface area contributed by atoms with Crippen LogP contribution in [0, 0.1) is 5.82 Å². The van der Waals surface area contributed by atoms with Gasteiger partial charge in [0.05, 0.1) is 17.3 Å². The first-order valence-electron chi connectivity index (χ1n) is 8.82. The number of hydrogen-bond donors (Lipinski definition) is 2. The molecule has 6 nitrogen and oxygen atoms in total. The fraction of sp³-hybridized carbons (Fsp3) is 0.250. The van der Waals surface area contributed by atoms with E-state index in [9.17, 15) is 18.8 Å². The molecule has 2 aliphatic rings. The lowest BCUT2D eigenvalue weighted by Gasteiger charge is -2.26. The summed E-state index contributed by atoms with van der Waals surface area (Å²) in [5.74, 6) is -1.88. The van der Waals surface area contributed by atoms with Crippen molar-refractivity contribution in [2.75, 3.05) is 22.1 Å². The highest BCUT2D eigenvalue weighted by Crippen LogP contribution is 2.35. The normalized spacial score (nSPS) is 18.9. The number of halogens is 1. The van der Waals surface area contributed by atoms with Gasteiger partial charge in [0, 0.05) is 25.1 Å². The molecule has 0 unspecified atom stereocenters. The number of carbonyl (C=O) groups is 3. The number of para-hydroxylation sites is 2. The SMILES string of the molecule is O=C1C[C@H](C(=O)Nc2ccccc2N2CCCC2=O)c2ccc(F)cc2N1. The van der Waals surface area contributed by atoms with E-state index in [0.29, 0.717) is 35.6 Å². The smallest absolute Gasteiger partial charge is 0.232 e. The lowest BCUT2D eigenvalue weighted by Crippen LogP contribution is -2.32. The third kappa shape index (κ3) is 3.28. The summed E-state index contributed by atoms with van der Waals surface area (Å²) in [7, 11) is 0. The van der Waals surface area contributed by atoms with Crippen LogP contribution in [0.2, 0.25) is 0 Å². The van der Waals surface area contributed by atoms with Crippen LogP contribution in [0.15, 0.2) is 42.5 Å². The highest BCUT2D eigenvalue weighted by atomic mass is 19.1. The topological polar surface area (TPSA) is 78.5 Å². The molecule has 2 aliphatic heterocycles. The number of anilines is 3. The van der Waals surface area contributed by atoms with Crippen LogP contribution in [0.3, 0.4) is 0 Å². The van der Waals surface area contributed by atoms with Gasteiger partial charge in [0.25, 0.3) is 0 Å². The Bertz CT molecular complexity index is 944. The zero-order valence-electron chi connectivity index (χ0n) is 14.5. The summed E-state index contributed by atoms with van der Waals surface area (Å²) < 4.78 is 13.5. The lowest BCUT2D eigenvalue weighted by molar-refractivity contribution is -0.123. The summed E-state index contributed by atoms with van der Waals surface area (Å²) in [5, 5.41) is 5.45. The van der Waals surface area contributed by atoms with Crippen molar-refractivity contribution in [3.8, 4) is 0 Å². The van der Waals surface area contributed by atoms with E-state index < -0.39 is 11.7 Å². The van der Waals surface area contributed by atoms with Crippen LogP contribution >= 0.6 is 0 Å². The fourth-order valence-corrected chi connectivity index (χ4v) is 3.61. The molecule has 0 saturated carbocycles. The zero-order chi connectivity index (χ0) is 19.0. The highest BCUT2D eigenvalue weighted by Gasteiger charge is 2.32. The Hall–Kier alpha value is -3.22. The Kier molecular flexibility index (Phi) is 4.35. The third-order valence-corrected chi connectivity index (χ3v) is 4.90. The first-order valence-corrected chi connectivity index (χ1v) is 8.82. The van der Waals surface area contributed by atoms with Crippen molar-refractivity contribution >= 4 is 34.8 Å². The van der Waals surface area contributed by atoms with Crippen LogP contribution in [0.25, 0.3) is 0 Å². The molecule has 2 heterocycles.